The molecule has 0 spiro atoms. The Hall–Kier alpha value is -2.14. The molecule has 106 valence electrons. The molecule has 0 aliphatic carbocycles. The van der Waals surface area contributed by atoms with Crippen LogP contribution < -0.4 is 5.32 Å². The van der Waals surface area contributed by atoms with Crippen molar-refractivity contribution in [2.24, 2.45) is 0 Å². The van der Waals surface area contributed by atoms with Crippen molar-refractivity contribution >= 4 is 21.6 Å². The SMILES string of the molecule is CC(Nc1cccc(-n2cnnc2)c1)c1cccc(Br)c1. The fraction of sp³-hybridized carbons (Fsp3) is 0.125. The molecule has 0 saturated heterocycles. The zero-order chi connectivity index (χ0) is 14.7. The van der Waals surface area contributed by atoms with Crippen LogP contribution >= 0.6 is 15.9 Å². The van der Waals surface area contributed by atoms with Crippen LogP contribution in [0.4, 0.5) is 5.69 Å². The largest absolute Gasteiger partial charge is 0.378 e. The van der Waals surface area contributed by atoms with Gasteiger partial charge in [0, 0.05) is 16.2 Å². The molecule has 1 atom stereocenters. The summed E-state index contributed by atoms with van der Waals surface area (Å²) in [5.74, 6) is 0. The first kappa shape index (κ1) is 13.8. The quantitative estimate of drug-likeness (QED) is 0.772. The predicted octanol–water partition coefficient (Wildman–Crippen LogP) is 4.20. The van der Waals surface area contributed by atoms with Gasteiger partial charge in [-0.05, 0) is 42.8 Å². The molecule has 21 heavy (non-hydrogen) atoms. The van der Waals surface area contributed by atoms with E-state index < -0.39 is 0 Å². The topological polar surface area (TPSA) is 42.7 Å². The van der Waals surface area contributed by atoms with E-state index in [-0.39, 0.29) is 6.04 Å². The summed E-state index contributed by atoms with van der Waals surface area (Å²) in [6.07, 6.45) is 3.38. The van der Waals surface area contributed by atoms with Gasteiger partial charge in [0.05, 0.1) is 5.69 Å². The van der Waals surface area contributed by atoms with Crippen LogP contribution in [0, 0.1) is 0 Å². The van der Waals surface area contributed by atoms with E-state index in [0.29, 0.717) is 0 Å². The average molecular weight is 343 g/mol. The molecule has 0 aliphatic heterocycles. The third-order valence-corrected chi connectivity index (χ3v) is 3.79. The van der Waals surface area contributed by atoms with Crippen molar-refractivity contribution in [1.29, 1.82) is 0 Å². The number of nitrogens with zero attached hydrogens (tertiary/aromatic N) is 3. The summed E-state index contributed by atoms with van der Waals surface area (Å²) in [6, 6.07) is 16.7. The third kappa shape index (κ3) is 3.31. The number of anilines is 1. The smallest absolute Gasteiger partial charge is 0.123 e. The highest BCUT2D eigenvalue weighted by atomic mass is 79.9. The van der Waals surface area contributed by atoms with Gasteiger partial charge in [-0.1, -0.05) is 34.1 Å². The molecule has 0 aliphatic rings. The Morgan fingerprint density at radius 2 is 1.81 bits per heavy atom. The first-order valence-electron chi connectivity index (χ1n) is 6.69. The highest BCUT2D eigenvalue weighted by Gasteiger charge is 2.06. The minimum absolute atomic E-state index is 0.221. The number of nitrogens with one attached hydrogen (secondary N) is 1. The number of halogens is 1. The summed E-state index contributed by atoms with van der Waals surface area (Å²) in [4.78, 5) is 0. The molecule has 5 heteroatoms. The highest BCUT2D eigenvalue weighted by Crippen LogP contribution is 2.23. The monoisotopic (exact) mass is 342 g/mol. The van der Waals surface area contributed by atoms with Crippen LogP contribution in [-0.4, -0.2) is 14.8 Å². The lowest BCUT2D eigenvalue weighted by Crippen LogP contribution is -2.06. The summed E-state index contributed by atoms with van der Waals surface area (Å²) in [7, 11) is 0. The minimum Gasteiger partial charge on any atom is -0.378 e. The van der Waals surface area contributed by atoms with Crippen LogP contribution in [0.3, 0.4) is 0 Å². The molecule has 0 saturated carbocycles. The second-order valence-corrected chi connectivity index (χ2v) is 5.76. The molecule has 3 rings (SSSR count). The van der Waals surface area contributed by atoms with Crippen molar-refractivity contribution in [3.05, 3.63) is 71.2 Å². The highest BCUT2D eigenvalue weighted by molar-refractivity contribution is 9.10. The maximum atomic E-state index is 3.83. The Kier molecular flexibility index (Phi) is 4.01. The molecule has 1 unspecified atom stereocenters. The van der Waals surface area contributed by atoms with Crippen molar-refractivity contribution in [1.82, 2.24) is 14.8 Å². The lowest BCUT2D eigenvalue weighted by Gasteiger charge is -2.16. The van der Waals surface area contributed by atoms with Gasteiger partial charge in [-0.15, -0.1) is 10.2 Å². The number of hydrogen-bond acceptors (Lipinski definition) is 3. The minimum atomic E-state index is 0.221. The van der Waals surface area contributed by atoms with Gasteiger partial charge >= 0.3 is 0 Å². The van der Waals surface area contributed by atoms with Crippen molar-refractivity contribution in [3.8, 4) is 5.69 Å². The van der Waals surface area contributed by atoms with Gasteiger partial charge in [-0.2, -0.15) is 0 Å². The maximum Gasteiger partial charge on any atom is 0.123 e. The molecule has 2 aromatic carbocycles. The van der Waals surface area contributed by atoms with E-state index in [4.69, 9.17) is 0 Å². The van der Waals surface area contributed by atoms with Gasteiger partial charge in [0.15, 0.2) is 0 Å². The molecule has 1 N–H and O–H groups in total. The van der Waals surface area contributed by atoms with Crippen molar-refractivity contribution in [2.45, 2.75) is 13.0 Å². The van der Waals surface area contributed by atoms with Crippen LogP contribution in [0.1, 0.15) is 18.5 Å². The molecule has 4 nitrogen and oxygen atoms in total. The summed E-state index contributed by atoms with van der Waals surface area (Å²) in [5.41, 5.74) is 3.33. The van der Waals surface area contributed by atoms with Gasteiger partial charge in [0.2, 0.25) is 0 Å². The zero-order valence-electron chi connectivity index (χ0n) is 11.6. The number of aromatic nitrogens is 3. The van der Waals surface area contributed by atoms with E-state index in [9.17, 15) is 0 Å². The Labute approximate surface area is 132 Å². The molecule has 0 radical (unpaired) electrons. The van der Waals surface area contributed by atoms with E-state index in [1.807, 2.05) is 28.8 Å². The standard InChI is InChI=1S/C16H15BrN4/c1-12(13-4-2-5-14(17)8-13)20-15-6-3-7-16(9-15)21-10-18-19-11-21/h2-12,20H,1H3. The van der Waals surface area contributed by atoms with Gasteiger partial charge in [-0.3, -0.25) is 4.57 Å². The molecule has 0 fully saturated rings. The van der Waals surface area contributed by atoms with E-state index in [1.165, 1.54) is 5.56 Å². The fourth-order valence-corrected chi connectivity index (χ4v) is 2.62. The Morgan fingerprint density at radius 1 is 1.05 bits per heavy atom. The molecule has 1 aromatic heterocycles. The fourth-order valence-electron chi connectivity index (χ4n) is 2.20. The number of benzene rings is 2. The van der Waals surface area contributed by atoms with Crippen LogP contribution in [0.5, 0.6) is 0 Å². The molecular weight excluding hydrogens is 328 g/mol. The van der Waals surface area contributed by atoms with Gasteiger partial charge < -0.3 is 5.32 Å². The lowest BCUT2D eigenvalue weighted by molar-refractivity contribution is 0.883. The van der Waals surface area contributed by atoms with Gasteiger partial charge in [0.1, 0.15) is 12.7 Å². The van der Waals surface area contributed by atoms with Crippen LogP contribution in [0.2, 0.25) is 0 Å². The molecule has 0 bridgehead atoms. The lowest BCUT2D eigenvalue weighted by atomic mass is 10.1. The Balaban J connectivity index is 1.80. The molecule has 1 heterocycles. The van der Waals surface area contributed by atoms with Crippen LogP contribution in [0.25, 0.3) is 5.69 Å². The van der Waals surface area contributed by atoms with Gasteiger partial charge in [-0.25, -0.2) is 0 Å². The number of rotatable bonds is 4. The van der Waals surface area contributed by atoms with Crippen LogP contribution in [-0.2, 0) is 0 Å². The Bertz CT molecular complexity index is 725. The third-order valence-electron chi connectivity index (χ3n) is 3.29. The summed E-state index contributed by atoms with van der Waals surface area (Å²) >= 11 is 3.51. The molecular formula is C16H15BrN4. The predicted molar refractivity (Wildman–Crippen MR) is 87.5 cm³/mol. The van der Waals surface area contributed by atoms with Crippen LogP contribution in [0.15, 0.2) is 65.7 Å². The average Bonchev–Trinajstić information content (AvgIpc) is 3.02. The summed E-state index contributed by atoms with van der Waals surface area (Å²) < 4.78 is 2.97. The van der Waals surface area contributed by atoms with Crippen molar-refractivity contribution < 1.29 is 0 Å². The van der Waals surface area contributed by atoms with E-state index >= 15 is 0 Å². The second-order valence-electron chi connectivity index (χ2n) is 4.84. The van der Waals surface area contributed by atoms with Gasteiger partial charge in [0.25, 0.3) is 0 Å². The normalized spacial score (nSPS) is 12.1. The summed E-state index contributed by atoms with van der Waals surface area (Å²) in [5, 5.41) is 11.2. The molecule has 3 aromatic rings. The summed E-state index contributed by atoms with van der Waals surface area (Å²) in [6.45, 7) is 2.15. The van der Waals surface area contributed by atoms with E-state index in [1.54, 1.807) is 12.7 Å². The van der Waals surface area contributed by atoms with E-state index in [2.05, 4.69) is 62.6 Å². The van der Waals surface area contributed by atoms with E-state index in [0.717, 1.165) is 15.8 Å². The second kappa shape index (κ2) is 6.10. The first-order chi connectivity index (χ1) is 10.2. The van der Waals surface area contributed by atoms with Crippen molar-refractivity contribution in [2.75, 3.05) is 5.32 Å². The molecule has 0 amide bonds. The number of hydrogen-bond donors (Lipinski definition) is 1. The van der Waals surface area contributed by atoms with Crippen molar-refractivity contribution in [3.63, 3.8) is 0 Å². The maximum absolute atomic E-state index is 3.83. The zero-order valence-corrected chi connectivity index (χ0v) is 13.2. The first-order valence-corrected chi connectivity index (χ1v) is 7.49. The Morgan fingerprint density at radius 3 is 2.57 bits per heavy atom.